The summed E-state index contributed by atoms with van der Waals surface area (Å²) >= 11 is 0. The van der Waals surface area contributed by atoms with Crippen molar-refractivity contribution in [3.63, 3.8) is 0 Å². The van der Waals surface area contributed by atoms with Gasteiger partial charge in [0.15, 0.2) is 11.5 Å². The summed E-state index contributed by atoms with van der Waals surface area (Å²) in [6.07, 6.45) is 12.6. The molecule has 107 heavy (non-hydrogen) atoms. The van der Waals surface area contributed by atoms with E-state index in [9.17, 15) is 35.9 Å². The second-order valence-corrected chi connectivity index (χ2v) is 20.5. The number of allylic oxidation sites excluding steroid dienone is 2. The number of nitrogens with zero attached hydrogens (tertiary/aromatic N) is 11. The average Bonchev–Trinajstić information content (AvgIpc) is 1.50. The van der Waals surface area contributed by atoms with E-state index in [4.69, 9.17) is 16.8 Å². The quantitative estimate of drug-likeness (QED) is 0.0481. The number of carbonyl (C=O) groups is 2. The predicted molar refractivity (Wildman–Crippen MR) is 375 cm³/mol. The van der Waals surface area contributed by atoms with Crippen LogP contribution in [0.1, 0.15) is 29.9 Å². The van der Waals surface area contributed by atoms with Gasteiger partial charge in [0.05, 0.1) is 12.3 Å². The van der Waals surface area contributed by atoms with E-state index in [2.05, 4.69) is 97.0 Å². The van der Waals surface area contributed by atoms with Gasteiger partial charge in [-0.05, 0) is 123 Å². The zero-order valence-corrected chi connectivity index (χ0v) is 70.7. The second kappa shape index (κ2) is 51.7. The molecule has 0 amide bonds. The van der Waals surface area contributed by atoms with Gasteiger partial charge in [0, 0.05) is 205 Å². The molecule has 5 aromatic carbocycles. The first kappa shape index (κ1) is 95.6. The third-order valence-corrected chi connectivity index (χ3v) is 13.0. The molecule has 0 atom stereocenters. The maximum absolute atomic E-state index is 13.8. The van der Waals surface area contributed by atoms with Crippen LogP contribution in [0.5, 0.6) is 0 Å². The molecule has 0 saturated carbocycles. The minimum absolute atomic E-state index is 0. The van der Waals surface area contributed by atoms with Crippen LogP contribution in [0.4, 0.5) is 49.2 Å². The molecule has 13 aromatic rings. The summed E-state index contributed by atoms with van der Waals surface area (Å²) in [4.78, 5) is 58.4. The Labute approximate surface area is 697 Å². The van der Waals surface area contributed by atoms with Gasteiger partial charge in [0.2, 0.25) is 0 Å². The normalized spacial score (nSPS) is 10.0. The van der Waals surface area contributed by atoms with E-state index in [-0.39, 0.29) is 155 Å². The van der Waals surface area contributed by atoms with Crippen molar-refractivity contribution in [3.8, 4) is 56.3 Å². The van der Waals surface area contributed by atoms with E-state index < -0.39 is 46.8 Å². The molecule has 0 fully saturated rings. The van der Waals surface area contributed by atoms with E-state index >= 15 is 0 Å². The zero-order valence-electron chi connectivity index (χ0n) is 56.4. The van der Waals surface area contributed by atoms with Gasteiger partial charge in [-0.2, -0.15) is 0 Å². The number of aromatic nitrogens is 8. The van der Waals surface area contributed by atoms with Crippen molar-refractivity contribution >= 4 is 34.6 Å². The fourth-order valence-electron chi connectivity index (χ4n) is 8.54. The number of carboxylic acid groups (broad SMARTS) is 1. The number of aliphatic hydroxyl groups is 1. The van der Waals surface area contributed by atoms with Crippen molar-refractivity contribution in [1.29, 1.82) is 0 Å². The van der Waals surface area contributed by atoms with Gasteiger partial charge >= 0.3 is 5.97 Å². The third-order valence-electron chi connectivity index (χ3n) is 13.0. The Morgan fingerprint density at radius 1 is 0.486 bits per heavy atom. The van der Waals surface area contributed by atoms with Gasteiger partial charge in [-0.15, -0.1) is 114 Å². The van der Waals surface area contributed by atoms with Crippen molar-refractivity contribution in [3.05, 3.63) is 368 Å². The molecule has 8 aromatic heterocycles. The average molecular weight is 2510 g/mol. The Balaban J connectivity index is 0.000000613. The minimum Gasteiger partial charge on any atom is -0.512 e. The van der Waals surface area contributed by atoms with Gasteiger partial charge in [0.1, 0.15) is 23.4 Å². The second-order valence-electron chi connectivity index (χ2n) is 20.5. The Kier molecular flexibility index (Phi) is 46.2. The van der Waals surface area contributed by atoms with Gasteiger partial charge in [0.25, 0.3) is 0 Å². The first-order valence-corrected chi connectivity index (χ1v) is 30.2. The molecule has 1 aliphatic rings. The minimum atomic E-state index is -0.990. The summed E-state index contributed by atoms with van der Waals surface area (Å²) in [5.74, 6) is -5.01. The van der Waals surface area contributed by atoms with Crippen LogP contribution < -0.4 is 9.80 Å². The fourth-order valence-corrected chi connectivity index (χ4v) is 8.54. The molecule has 15 nitrogen and oxygen atoms in total. The Morgan fingerprint density at radius 2 is 0.953 bits per heavy atom. The van der Waals surface area contributed by atoms with Crippen LogP contribution in [0.3, 0.4) is 0 Å². The van der Waals surface area contributed by atoms with Crippen molar-refractivity contribution in [2.75, 3.05) is 16.8 Å². The van der Waals surface area contributed by atoms with Crippen LogP contribution in [0, 0.1) is 85.7 Å². The largest absolute Gasteiger partial charge is 0.512 e. The van der Waals surface area contributed by atoms with Gasteiger partial charge in [-0.25, -0.2) is 23.5 Å². The van der Waals surface area contributed by atoms with Crippen LogP contribution in [-0.4, -0.2) is 68.9 Å². The zero-order chi connectivity index (χ0) is 72.3. The van der Waals surface area contributed by atoms with Gasteiger partial charge in [-0.3, -0.25) is 32.2 Å². The number of carbonyl (C=O) groups excluding carboxylic acids is 1. The molecule has 0 bridgehead atoms. The molecule has 2 N–H and O–H groups in total. The van der Waals surface area contributed by atoms with Crippen molar-refractivity contribution in [1.82, 2.24) is 39.9 Å². The molecule has 27 heteroatoms. The molecule has 0 aliphatic carbocycles. The van der Waals surface area contributed by atoms with Gasteiger partial charge in [-0.1, -0.05) is 108 Å². The summed E-state index contributed by atoms with van der Waals surface area (Å²) in [5, 5.41) is 16.7. The van der Waals surface area contributed by atoms with E-state index in [0.29, 0.717) is 17.1 Å². The molecule has 560 valence electrons. The number of aliphatic hydroxyl groups excluding tert-OH is 1. The van der Waals surface area contributed by atoms with Crippen LogP contribution >= 0.6 is 0 Å². The predicted octanol–water partition coefficient (Wildman–Crippen LogP) is 18.4. The molecule has 0 saturated heterocycles. The van der Waals surface area contributed by atoms with Crippen molar-refractivity contribution in [2.45, 2.75) is 20.8 Å². The number of para-hydroxylation sites is 2. The van der Waals surface area contributed by atoms with E-state index in [1.54, 1.807) is 79.3 Å². The molecule has 0 spiro atoms. The molecule has 1 aliphatic heterocycles. The summed E-state index contributed by atoms with van der Waals surface area (Å²) in [6.45, 7) is 13.5. The number of anilines is 3. The van der Waals surface area contributed by atoms with Crippen molar-refractivity contribution in [2.24, 2.45) is 0 Å². The Hall–Kier alpha value is -9.45. The maximum atomic E-state index is 13.8. The van der Waals surface area contributed by atoms with Gasteiger partial charge < -0.3 is 44.9 Å². The number of ketones is 1. The summed E-state index contributed by atoms with van der Waals surface area (Å²) < 4.78 is 78.3. The SMILES string of the molecule is CC(=O)C=C(C)O.CN1[CH-]N(c2ccccn2)c2ccccc21.Fc1c[c-]c(-c2ccccn2)c(F)c1.Fc1c[c-]c(-c2ccccn2)c(F)n1.O=C(O)c1ccccn1.[C-]#[N+]c1c(F)c[c-]c(-c2cc(C)ccn2)c1F.[Ir].[Ir].[Ir].[Ir].[Ir].[Ir].[c-]1ccccc1-c1ccccn1.[c-]1ccccc1-c1ccccn1. The smallest absolute Gasteiger partial charge is 0.354 e. The monoisotopic (exact) mass is 2510 g/mol. The number of hydrogen-bond acceptors (Lipinski definition) is 13. The molecule has 0 unspecified atom stereocenters. The third kappa shape index (κ3) is 31.9. The van der Waals surface area contributed by atoms with Crippen LogP contribution in [0.2, 0.25) is 0 Å². The van der Waals surface area contributed by atoms with Crippen LogP contribution in [0.15, 0.2) is 274 Å². The van der Waals surface area contributed by atoms with Crippen LogP contribution in [-0.2, 0) is 125 Å². The number of halogens is 6. The standard InChI is InChI=1S/C13H7F2N2.C13H12N3.C11H6F2N.2C11H8N.C10H5F2N2.C6H5NO2.C5H8O2.6Ir/c1-8-5-6-17-11(7-8)9-3-4-10(14)13(16-2)12(9)15;1-15-10-16(13-8-4-5-9-14-13)12-7-3-2-6-11(12)15;12-8-4-5-9(10(13)7-8)11-3-1-2-6-14-11;2*1-2-6-10(7-3-1)11-8-4-5-9-12-11;11-9-5-4-7(10(12)14-9)8-3-1-2-6-13-8;8-6(9)5-3-1-2-4-7-5;1-4(6)3-5(2)7;;;;;;/h4-7H,1H3;2-10H,1H3;1-4,6-7H;2*1-6,8-9H;1-3,5-6H;1-4H,(H,8,9);3,6H,1-2H3;;;;;;/q6*-1;;;;;;;;. The summed E-state index contributed by atoms with van der Waals surface area (Å²) in [7, 11) is 2.04. The molecular formula is C80H59F6Ir6N11O4-6. The number of hydrogen-bond donors (Lipinski definition) is 2. The number of aryl methyl sites for hydroxylation is 1. The number of aromatic carboxylic acids is 1. The number of carboxylic acids is 1. The number of benzene rings is 5. The Morgan fingerprint density at radius 3 is 1.37 bits per heavy atom. The molecule has 6 radical (unpaired) electrons. The first-order valence-electron chi connectivity index (χ1n) is 30.2. The molecular weight excluding hydrogens is 2450 g/mol. The maximum Gasteiger partial charge on any atom is 0.354 e. The molecule has 9 heterocycles. The topological polar surface area (TPSA) is 189 Å². The van der Waals surface area contributed by atoms with Crippen LogP contribution in [0.25, 0.3) is 61.1 Å². The number of fused-ring (bicyclic) bond motifs is 1. The van der Waals surface area contributed by atoms with E-state index in [1.165, 1.54) is 56.0 Å². The Bertz CT molecular complexity index is 4570. The summed E-state index contributed by atoms with van der Waals surface area (Å²) in [6, 6.07) is 77.4. The van der Waals surface area contributed by atoms with E-state index in [1.807, 2.05) is 142 Å². The molecule has 14 rings (SSSR count). The van der Waals surface area contributed by atoms with Crippen molar-refractivity contribution < 1.29 is 167 Å². The summed E-state index contributed by atoms with van der Waals surface area (Å²) in [5.41, 5.74) is 8.20. The number of rotatable bonds is 8. The first-order chi connectivity index (χ1) is 48.9. The number of pyridine rings is 8. The fraction of sp³-hybridized carbons (Fsp3) is 0.0500. The van der Waals surface area contributed by atoms with E-state index in [0.717, 1.165) is 58.2 Å².